The molecule has 4 rings (SSSR count). The Balaban J connectivity index is 2.00. The summed E-state index contributed by atoms with van der Waals surface area (Å²) >= 11 is 0. The maximum atomic E-state index is 13.2. The Kier molecular flexibility index (Phi) is 6.77. The zero-order chi connectivity index (χ0) is 24.2. The lowest BCUT2D eigenvalue weighted by molar-refractivity contribution is 0.586. The molecule has 4 aromatic heterocycles. The minimum absolute atomic E-state index is 0.310. The number of fused-ring (bicyclic) bond motifs is 3. The van der Waals surface area contributed by atoms with Crippen LogP contribution in [0.15, 0.2) is 64.4 Å². The fourth-order valence-corrected chi connectivity index (χ4v) is 3.89. The highest BCUT2D eigenvalue weighted by Crippen LogP contribution is 2.33. The molecule has 0 saturated carbocycles. The van der Waals surface area contributed by atoms with Crippen LogP contribution in [0.1, 0.15) is 38.8 Å². The normalized spacial score (nSPS) is 12.6. The third-order valence-electron chi connectivity index (χ3n) is 5.87. The van der Waals surface area contributed by atoms with Gasteiger partial charge in [-0.1, -0.05) is 38.5 Å². The average Bonchev–Trinajstić information content (AvgIpc) is 3.44. The van der Waals surface area contributed by atoms with Gasteiger partial charge in [-0.2, -0.15) is 10.1 Å². The van der Waals surface area contributed by atoms with Crippen molar-refractivity contribution < 1.29 is 4.42 Å². The molecule has 1 N–H and O–H groups in total. The second-order valence-corrected chi connectivity index (χ2v) is 8.29. The summed E-state index contributed by atoms with van der Waals surface area (Å²) in [6.45, 7) is 8.59. The Morgan fingerprint density at radius 3 is 2.74 bits per heavy atom. The molecule has 0 atom stereocenters. The highest BCUT2D eigenvalue weighted by molar-refractivity contribution is 6.06. The van der Waals surface area contributed by atoms with Gasteiger partial charge in [-0.05, 0) is 25.5 Å². The number of rotatable bonds is 9. The van der Waals surface area contributed by atoms with E-state index in [1.54, 1.807) is 27.7 Å². The van der Waals surface area contributed by atoms with Gasteiger partial charge >= 0.3 is 5.69 Å². The number of aryl methyl sites for hydroxylation is 2. The van der Waals surface area contributed by atoms with Crippen molar-refractivity contribution in [2.24, 2.45) is 7.05 Å². The molecule has 0 aliphatic rings. The largest absolute Gasteiger partial charge is 0.434 e. The molecule has 4 aromatic rings. The monoisotopic (exact) mass is 458 g/mol. The lowest BCUT2D eigenvalue weighted by atomic mass is 10.1. The van der Waals surface area contributed by atoms with Crippen LogP contribution in [-0.4, -0.2) is 31.4 Å². The first-order chi connectivity index (χ1) is 16.5. The van der Waals surface area contributed by atoms with Crippen LogP contribution >= 0.6 is 0 Å². The Hall–Kier alpha value is -3.94. The van der Waals surface area contributed by atoms with E-state index in [1.165, 1.54) is 0 Å². The van der Waals surface area contributed by atoms with Crippen LogP contribution in [-0.2, 0) is 13.6 Å². The molecule has 8 heteroatoms. The summed E-state index contributed by atoms with van der Waals surface area (Å²) in [5.41, 5.74) is 5.37. The topological polar surface area (TPSA) is 90.8 Å². The number of allylic oxidation sites excluding steroid dienone is 5. The number of hydrogen-bond acceptors (Lipinski definition) is 6. The van der Waals surface area contributed by atoms with E-state index in [9.17, 15) is 4.79 Å². The van der Waals surface area contributed by atoms with Crippen molar-refractivity contribution in [2.75, 3.05) is 7.05 Å². The molecular formula is C26H30N6O2. The second-order valence-electron chi connectivity index (χ2n) is 8.29. The summed E-state index contributed by atoms with van der Waals surface area (Å²) in [4.78, 5) is 22.2. The first-order valence-corrected chi connectivity index (χ1v) is 11.5. The lowest BCUT2D eigenvalue weighted by Gasteiger charge is -2.09. The quantitative estimate of drug-likeness (QED) is 0.286. The lowest BCUT2D eigenvalue weighted by Crippen LogP contribution is -2.24. The van der Waals surface area contributed by atoms with Crippen LogP contribution in [0, 0.1) is 0 Å². The summed E-state index contributed by atoms with van der Waals surface area (Å²) in [5, 5.41) is 8.13. The van der Waals surface area contributed by atoms with E-state index in [0.717, 1.165) is 41.5 Å². The summed E-state index contributed by atoms with van der Waals surface area (Å²) in [6.07, 6.45) is 13.9. The van der Waals surface area contributed by atoms with Crippen molar-refractivity contribution >= 4 is 27.8 Å². The first kappa shape index (κ1) is 23.2. The Morgan fingerprint density at radius 2 is 2.06 bits per heavy atom. The van der Waals surface area contributed by atoms with Crippen LogP contribution in [0.2, 0.25) is 0 Å². The van der Waals surface area contributed by atoms with Crippen molar-refractivity contribution in [1.29, 1.82) is 0 Å². The average molecular weight is 459 g/mol. The Labute approximate surface area is 198 Å². The summed E-state index contributed by atoms with van der Waals surface area (Å²) in [6, 6.07) is 2.01. The maximum absolute atomic E-state index is 13.2. The van der Waals surface area contributed by atoms with Crippen LogP contribution in [0.4, 0.5) is 0 Å². The van der Waals surface area contributed by atoms with Crippen molar-refractivity contribution in [2.45, 2.75) is 39.7 Å². The van der Waals surface area contributed by atoms with Gasteiger partial charge in [-0.15, -0.1) is 0 Å². The molecule has 0 saturated heterocycles. The minimum atomic E-state index is -0.310. The van der Waals surface area contributed by atoms with E-state index in [0.29, 0.717) is 34.6 Å². The fraction of sp³-hybridized carbons (Fsp3) is 0.308. The highest BCUT2D eigenvalue weighted by Gasteiger charge is 2.21. The zero-order valence-corrected chi connectivity index (χ0v) is 20.1. The minimum Gasteiger partial charge on any atom is -0.434 e. The molecule has 8 nitrogen and oxygen atoms in total. The predicted octanol–water partition coefficient (Wildman–Crippen LogP) is 4.82. The SMILES string of the molecule is C=C/C(=C\C=C(/C)NC)c1nc(=O)n(CCCCC)c2c1oc1ncc(-c3cnn(C)c3)cc12. The third-order valence-corrected chi connectivity index (χ3v) is 5.87. The number of nitrogens with zero attached hydrogens (tertiary/aromatic N) is 5. The summed E-state index contributed by atoms with van der Waals surface area (Å²) in [5.74, 6) is 0. The van der Waals surface area contributed by atoms with Gasteiger partial charge in [0.2, 0.25) is 5.71 Å². The van der Waals surface area contributed by atoms with Crippen LogP contribution in [0.25, 0.3) is 38.9 Å². The molecule has 0 amide bonds. The van der Waals surface area contributed by atoms with Crippen molar-refractivity contribution in [3.05, 3.63) is 71.3 Å². The summed E-state index contributed by atoms with van der Waals surface area (Å²) < 4.78 is 9.68. The first-order valence-electron chi connectivity index (χ1n) is 11.5. The molecule has 0 aliphatic carbocycles. The van der Waals surface area contributed by atoms with Gasteiger partial charge in [0.15, 0.2) is 5.58 Å². The van der Waals surface area contributed by atoms with Gasteiger partial charge in [0.1, 0.15) is 11.2 Å². The van der Waals surface area contributed by atoms with E-state index in [-0.39, 0.29) is 5.69 Å². The number of hydrogen-bond donors (Lipinski definition) is 1. The van der Waals surface area contributed by atoms with Crippen LogP contribution in [0.5, 0.6) is 0 Å². The van der Waals surface area contributed by atoms with Gasteiger partial charge in [-0.3, -0.25) is 9.25 Å². The smallest absolute Gasteiger partial charge is 0.348 e. The molecule has 4 heterocycles. The van der Waals surface area contributed by atoms with Crippen molar-refractivity contribution in [3.63, 3.8) is 0 Å². The highest BCUT2D eigenvalue weighted by atomic mass is 16.3. The molecule has 0 fully saturated rings. The van der Waals surface area contributed by atoms with Gasteiger partial charge in [0.25, 0.3) is 0 Å². The van der Waals surface area contributed by atoms with Gasteiger partial charge < -0.3 is 9.73 Å². The molecule has 0 unspecified atom stereocenters. The van der Waals surface area contributed by atoms with E-state index in [2.05, 4.69) is 33.9 Å². The molecule has 34 heavy (non-hydrogen) atoms. The number of nitrogens with one attached hydrogen (secondary N) is 1. The molecular weight excluding hydrogens is 428 g/mol. The summed E-state index contributed by atoms with van der Waals surface area (Å²) in [7, 11) is 3.73. The number of pyridine rings is 1. The van der Waals surface area contributed by atoms with E-state index >= 15 is 0 Å². The van der Waals surface area contributed by atoms with E-state index in [1.807, 2.05) is 45.4 Å². The standard InChI is InChI=1S/C26H30N6O2/c1-6-8-9-12-32-23-21-13-19(20-15-29-31(5)16-20)14-28-25(21)34-24(23)22(30-26(32)33)18(7-2)11-10-17(3)27-4/h7,10-11,13-16,27H,2,6,8-9,12H2,1,3-5H3/b17-10+,18-11+. The fourth-order valence-electron chi connectivity index (χ4n) is 3.89. The van der Waals surface area contributed by atoms with E-state index < -0.39 is 0 Å². The van der Waals surface area contributed by atoms with Gasteiger partial charge in [-0.25, -0.2) is 9.78 Å². The predicted molar refractivity (Wildman–Crippen MR) is 136 cm³/mol. The van der Waals surface area contributed by atoms with Gasteiger partial charge in [0.05, 0.1) is 11.6 Å². The molecule has 0 spiro atoms. The van der Waals surface area contributed by atoms with Crippen molar-refractivity contribution in [1.82, 2.24) is 29.6 Å². The number of furan rings is 1. The molecule has 0 bridgehead atoms. The Morgan fingerprint density at radius 1 is 1.24 bits per heavy atom. The van der Waals surface area contributed by atoms with E-state index in [4.69, 9.17) is 4.42 Å². The third kappa shape index (κ3) is 4.44. The van der Waals surface area contributed by atoms with Crippen LogP contribution < -0.4 is 11.0 Å². The molecule has 0 aromatic carbocycles. The van der Waals surface area contributed by atoms with Crippen LogP contribution in [0.3, 0.4) is 0 Å². The molecule has 0 aliphatic heterocycles. The molecule has 176 valence electrons. The van der Waals surface area contributed by atoms with Gasteiger partial charge in [0, 0.05) is 55.4 Å². The molecule has 0 radical (unpaired) electrons. The number of unbranched alkanes of at least 4 members (excludes halogenated alkanes) is 2. The van der Waals surface area contributed by atoms with Crippen molar-refractivity contribution in [3.8, 4) is 11.1 Å². The maximum Gasteiger partial charge on any atom is 0.348 e. The zero-order valence-electron chi connectivity index (χ0n) is 20.1. The Bertz CT molecular complexity index is 1470. The number of aromatic nitrogens is 5. The second kappa shape index (κ2) is 9.91.